The summed E-state index contributed by atoms with van der Waals surface area (Å²) >= 11 is 0. The number of carbonyl (C=O) groups excluding carboxylic acids is 1. The molecule has 4 atom stereocenters. The van der Waals surface area contributed by atoms with Crippen molar-refractivity contribution < 1.29 is 14.3 Å². The van der Waals surface area contributed by atoms with Gasteiger partial charge < -0.3 is 14.8 Å². The van der Waals surface area contributed by atoms with Gasteiger partial charge in [-0.3, -0.25) is 4.79 Å². The standard InChI is InChI=1S/C19H24N2O3/c1-4-12(2)16-9-17(16)19(22)21-13(3)14-5-6-18(20-10-14)24-15-7-8-23-11-15/h4-6,10,13,15-17H,1-2,7-9,11H2,3H3,(H,21,22). The maximum absolute atomic E-state index is 12.3. The summed E-state index contributed by atoms with van der Waals surface area (Å²) in [4.78, 5) is 16.6. The molecule has 4 unspecified atom stereocenters. The van der Waals surface area contributed by atoms with E-state index in [1.54, 1.807) is 12.3 Å². The molecule has 0 bridgehead atoms. The Labute approximate surface area is 142 Å². The van der Waals surface area contributed by atoms with Crippen LogP contribution in [-0.2, 0) is 9.53 Å². The molecule has 2 fully saturated rings. The summed E-state index contributed by atoms with van der Waals surface area (Å²) in [7, 11) is 0. The fourth-order valence-electron chi connectivity index (χ4n) is 2.94. The monoisotopic (exact) mass is 328 g/mol. The summed E-state index contributed by atoms with van der Waals surface area (Å²) in [5.74, 6) is 0.935. The smallest absolute Gasteiger partial charge is 0.224 e. The van der Waals surface area contributed by atoms with E-state index in [0.29, 0.717) is 12.5 Å². The topological polar surface area (TPSA) is 60.5 Å². The number of nitrogens with one attached hydrogen (secondary N) is 1. The quantitative estimate of drug-likeness (QED) is 0.782. The second kappa shape index (κ2) is 7.18. The van der Waals surface area contributed by atoms with E-state index in [-0.39, 0.29) is 29.9 Å². The molecule has 2 aliphatic rings. The van der Waals surface area contributed by atoms with Gasteiger partial charge in [0, 0.05) is 24.6 Å². The van der Waals surface area contributed by atoms with E-state index in [2.05, 4.69) is 23.5 Å². The number of hydrogen-bond donors (Lipinski definition) is 1. The lowest BCUT2D eigenvalue weighted by molar-refractivity contribution is -0.123. The van der Waals surface area contributed by atoms with Crippen LogP contribution in [-0.4, -0.2) is 30.2 Å². The van der Waals surface area contributed by atoms with Crippen LogP contribution in [0.2, 0.25) is 0 Å². The van der Waals surface area contributed by atoms with Gasteiger partial charge in [-0.05, 0) is 24.8 Å². The summed E-state index contributed by atoms with van der Waals surface area (Å²) in [6.45, 7) is 11.0. The van der Waals surface area contributed by atoms with Gasteiger partial charge in [-0.1, -0.05) is 30.9 Å². The van der Waals surface area contributed by atoms with Gasteiger partial charge in [0.1, 0.15) is 6.10 Å². The van der Waals surface area contributed by atoms with Crippen molar-refractivity contribution in [2.45, 2.75) is 31.9 Å². The van der Waals surface area contributed by atoms with E-state index in [4.69, 9.17) is 9.47 Å². The molecule has 5 nitrogen and oxygen atoms in total. The Morgan fingerprint density at radius 2 is 2.33 bits per heavy atom. The Morgan fingerprint density at radius 3 is 2.96 bits per heavy atom. The predicted molar refractivity (Wildman–Crippen MR) is 91.6 cm³/mol. The molecule has 1 N–H and O–H groups in total. The Kier molecular flexibility index (Phi) is 5.00. The van der Waals surface area contributed by atoms with E-state index in [1.807, 2.05) is 19.1 Å². The molecule has 24 heavy (non-hydrogen) atoms. The lowest BCUT2D eigenvalue weighted by Crippen LogP contribution is -2.28. The highest BCUT2D eigenvalue weighted by Gasteiger charge is 2.44. The first-order valence-electron chi connectivity index (χ1n) is 8.40. The van der Waals surface area contributed by atoms with Crippen molar-refractivity contribution >= 4 is 5.91 Å². The Morgan fingerprint density at radius 1 is 1.50 bits per heavy atom. The average molecular weight is 328 g/mol. The number of nitrogens with zero attached hydrogens (tertiary/aromatic N) is 1. The van der Waals surface area contributed by atoms with Crippen LogP contribution in [0.15, 0.2) is 43.1 Å². The first kappa shape index (κ1) is 16.7. The molecule has 128 valence electrons. The number of carbonyl (C=O) groups is 1. The fraction of sp³-hybridized carbons (Fsp3) is 0.474. The van der Waals surface area contributed by atoms with Crippen molar-refractivity contribution in [1.82, 2.24) is 10.3 Å². The van der Waals surface area contributed by atoms with Crippen LogP contribution in [0.25, 0.3) is 0 Å². The van der Waals surface area contributed by atoms with Gasteiger partial charge in [-0.2, -0.15) is 0 Å². The summed E-state index contributed by atoms with van der Waals surface area (Å²) in [6.07, 6.45) is 5.33. The van der Waals surface area contributed by atoms with Crippen molar-refractivity contribution in [3.05, 3.63) is 48.7 Å². The minimum Gasteiger partial charge on any atom is -0.472 e. The zero-order chi connectivity index (χ0) is 17.1. The second-order valence-electron chi connectivity index (χ2n) is 6.49. The molecule has 1 saturated carbocycles. The van der Waals surface area contributed by atoms with Crippen molar-refractivity contribution in [3.8, 4) is 5.88 Å². The van der Waals surface area contributed by atoms with Crippen LogP contribution >= 0.6 is 0 Å². The largest absolute Gasteiger partial charge is 0.472 e. The fourth-order valence-corrected chi connectivity index (χ4v) is 2.94. The molecule has 1 aliphatic heterocycles. The molecule has 1 aromatic rings. The van der Waals surface area contributed by atoms with Crippen molar-refractivity contribution in [3.63, 3.8) is 0 Å². The van der Waals surface area contributed by atoms with Crippen LogP contribution in [0.4, 0.5) is 0 Å². The number of hydrogen-bond acceptors (Lipinski definition) is 4. The van der Waals surface area contributed by atoms with Gasteiger partial charge in [0.2, 0.25) is 11.8 Å². The van der Waals surface area contributed by atoms with Crippen molar-refractivity contribution in [2.75, 3.05) is 13.2 Å². The molecule has 1 amide bonds. The highest BCUT2D eigenvalue weighted by Crippen LogP contribution is 2.44. The Balaban J connectivity index is 1.51. The summed E-state index contributed by atoms with van der Waals surface area (Å²) < 4.78 is 11.0. The van der Waals surface area contributed by atoms with Crippen LogP contribution < -0.4 is 10.1 Å². The number of rotatable bonds is 7. The lowest BCUT2D eigenvalue weighted by atomic mass is 10.1. The van der Waals surface area contributed by atoms with Gasteiger partial charge in [-0.15, -0.1) is 0 Å². The number of allylic oxidation sites excluding steroid dienone is 2. The highest BCUT2D eigenvalue weighted by atomic mass is 16.5. The Bertz CT molecular complexity index is 620. The van der Waals surface area contributed by atoms with E-state index in [1.165, 1.54) is 0 Å². The zero-order valence-corrected chi connectivity index (χ0v) is 14.0. The first-order valence-corrected chi connectivity index (χ1v) is 8.40. The molecule has 0 aromatic carbocycles. The van der Waals surface area contributed by atoms with Crippen molar-refractivity contribution in [2.24, 2.45) is 11.8 Å². The average Bonchev–Trinajstić information content (AvgIpc) is 3.24. The molecular weight excluding hydrogens is 304 g/mol. The third-order valence-electron chi connectivity index (χ3n) is 4.66. The first-order chi connectivity index (χ1) is 11.6. The lowest BCUT2D eigenvalue weighted by Gasteiger charge is -2.15. The normalized spacial score (nSPS) is 26.5. The highest BCUT2D eigenvalue weighted by molar-refractivity contribution is 5.82. The predicted octanol–water partition coefficient (Wildman–Crippen LogP) is 2.80. The SMILES string of the molecule is C=CC(=C)C1CC1C(=O)NC(C)c1ccc(OC2CCOC2)nc1. The van der Waals surface area contributed by atoms with E-state index in [9.17, 15) is 4.79 Å². The third kappa shape index (κ3) is 3.85. The maximum Gasteiger partial charge on any atom is 0.224 e. The molecule has 3 rings (SSSR count). The van der Waals surface area contributed by atoms with Gasteiger partial charge in [0.15, 0.2) is 0 Å². The van der Waals surface area contributed by atoms with Crippen LogP contribution in [0.1, 0.15) is 31.4 Å². The number of amides is 1. The molecule has 1 aromatic heterocycles. The molecule has 0 radical (unpaired) electrons. The molecule has 5 heteroatoms. The molecule has 1 saturated heterocycles. The van der Waals surface area contributed by atoms with Crippen LogP contribution in [0, 0.1) is 11.8 Å². The number of ether oxygens (including phenoxy) is 2. The summed E-state index contributed by atoms with van der Waals surface area (Å²) in [6, 6.07) is 3.69. The summed E-state index contributed by atoms with van der Waals surface area (Å²) in [5, 5.41) is 3.04. The van der Waals surface area contributed by atoms with Crippen molar-refractivity contribution in [1.29, 1.82) is 0 Å². The van der Waals surface area contributed by atoms with Gasteiger partial charge in [-0.25, -0.2) is 4.98 Å². The minimum atomic E-state index is -0.0906. The van der Waals surface area contributed by atoms with E-state index < -0.39 is 0 Å². The molecule has 2 heterocycles. The molecule has 0 spiro atoms. The molecule has 1 aliphatic carbocycles. The van der Waals surface area contributed by atoms with Gasteiger partial charge in [0.05, 0.1) is 19.3 Å². The minimum absolute atomic E-state index is 0.0240. The Hall–Kier alpha value is -2.14. The van der Waals surface area contributed by atoms with E-state index in [0.717, 1.165) is 30.6 Å². The van der Waals surface area contributed by atoms with E-state index >= 15 is 0 Å². The molecular formula is C19H24N2O3. The maximum atomic E-state index is 12.3. The van der Waals surface area contributed by atoms with Crippen LogP contribution in [0.5, 0.6) is 5.88 Å². The van der Waals surface area contributed by atoms with Gasteiger partial charge >= 0.3 is 0 Å². The number of aromatic nitrogens is 1. The second-order valence-corrected chi connectivity index (χ2v) is 6.49. The third-order valence-corrected chi connectivity index (χ3v) is 4.66. The summed E-state index contributed by atoms with van der Waals surface area (Å²) in [5.41, 5.74) is 1.90. The van der Waals surface area contributed by atoms with Gasteiger partial charge in [0.25, 0.3) is 0 Å². The zero-order valence-electron chi connectivity index (χ0n) is 14.0. The number of pyridine rings is 1. The van der Waals surface area contributed by atoms with Crippen LogP contribution in [0.3, 0.4) is 0 Å².